The van der Waals surface area contributed by atoms with Gasteiger partial charge in [-0.2, -0.15) is 0 Å². The molecular weight excluding hydrogens is 163 g/mol. The second kappa shape index (κ2) is 3.66. The molecule has 0 aliphatic heterocycles. The number of hydrogen-bond donors (Lipinski definition) is 2. The SMILES string of the molecule is O=S=C1C=CC=C(B(O)O)C1. The van der Waals surface area contributed by atoms with E-state index >= 15 is 0 Å². The fourth-order valence-electron chi connectivity index (χ4n) is 0.833. The van der Waals surface area contributed by atoms with Gasteiger partial charge < -0.3 is 10.0 Å². The van der Waals surface area contributed by atoms with Crippen molar-refractivity contribution in [1.29, 1.82) is 0 Å². The van der Waals surface area contributed by atoms with Crippen LogP contribution in [0.3, 0.4) is 0 Å². The van der Waals surface area contributed by atoms with Crippen LogP contribution >= 0.6 is 0 Å². The molecule has 0 aromatic heterocycles. The quantitative estimate of drug-likeness (QED) is 0.403. The summed E-state index contributed by atoms with van der Waals surface area (Å²) >= 11 is 0.384. The van der Waals surface area contributed by atoms with E-state index in [0.29, 0.717) is 28.0 Å². The summed E-state index contributed by atoms with van der Waals surface area (Å²) in [5.41, 5.74) is 0.464. The van der Waals surface area contributed by atoms with Gasteiger partial charge in [-0.05, 0) is 11.5 Å². The van der Waals surface area contributed by atoms with Crippen LogP contribution < -0.4 is 0 Å². The van der Waals surface area contributed by atoms with Gasteiger partial charge in [0.25, 0.3) is 0 Å². The molecular formula is C6H7BO3S. The molecule has 1 aliphatic carbocycles. The van der Waals surface area contributed by atoms with Crippen molar-refractivity contribution in [2.45, 2.75) is 6.42 Å². The highest BCUT2D eigenvalue weighted by Crippen LogP contribution is 2.09. The zero-order chi connectivity index (χ0) is 8.27. The summed E-state index contributed by atoms with van der Waals surface area (Å²) in [5.74, 6) is 0. The first kappa shape index (κ1) is 8.45. The maximum atomic E-state index is 10.3. The smallest absolute Gasteiger partial charge is 0.423 e. The molecule has 0 unspecified atom stereocenters. The predicted molar refractivity (Wildman–Crippen MR) is 45.2 cm³/mol. The standard InChI is InChI=1S/C6H7BO3S/c8-7(9)5-2-1-3-6(4-5)11-10/h1-3,8-9H,4H2. The first-order valence-electron chi connectivity index (χ1n) is 3.13. The highest BCUT2D eigenvalue weighted by Gasteiger charge is 2.16. The third-order valence-electron chi connectivity index (χ3n) is 1.41. The molecule has 0 spiro atoms. The van der Waals surface area contributed by atoms with Gasteiger partial charge in [0.1, 0.15) is 0 Å². The Bertz CT molecular complexity index is 263. The Balaban J connectivity index is 2.80. The lowest BCUT2D eigenvalue weighted by molar-refractivity contribution is 0.418. The van der Waals surface area contributed by atoms with Crippen LogP contribution in [0.5, 0.6) is 0 Å². The number of hydrogen-bond acceptors (Lipinski definition) is 3. The number of rotatable bonds is 1. The van der Waals surface area contributed by atoms with Crippen LogP contribution in [0.4, 0.5) is 0 Å². The monoisotopic (exact) mass is 170 g/mol. The third kappa shape index (κ3) is 2.15. The minimum atomic E-state index is -1.44. The number of allylic oxidation sites excluding steroid dienone is 4. The maximum absolute atomic E-state index is 10.3. The molecule has 0 atom stereocenters. The van der Waals surface area contributed by atoms with Crippen LogP contribution in [0.15, 0.2) is 23.7 Å². The predicted octanol–water partition coefficient (Wildman–Crippen LogP) is -0.730. The van der Waals surface area contributed by atoms with Crippen molar-refractivity contribution in [3.8, 4) is 0 Å². The molecule has 0 saturated heterocycles. The Labute approximate surface area is 68.3 Å². The van der Waals surface area contributed by atoms with E-state index in [2.05, 4.69) is 0 Å². The molecule has 3 nitrogen and oxygen atoms in total. The van der Waals surface area contributed by atoms with Gasteiger partial charge in [-0.1, -0.05) is 12.2 Å². The van der Waals surface area contributed by atoms with Gasteiger partial charge in [0.2, 0.25) is 0 Å². The van der Waals surface area contributed by atoms with E-state index in [1.807, 2.05) is 0 Å². The van der Waals surface area contributed by atoms with Crippen molar-refractivity contribution in [2.75, 3.05) is 0 Å². The summed E-state index contributed by atoms with van der Waals surface area (Å²) in [6, 6.07) is 0. The summed E-state index contributed by atoms with van der Waals surface area (Å²) in [4.78, 5) is 0.607. The zero-order valence-electron chi connectivity index (χ0n) is 5.73. The Morgan fingerprint density at radius 3 is 2.82 bits per heavy atom. The fraction of sp³-hybridized carbons (Fsp3) is 0.167. The Kier molecular flexibility index (Phi) is 2.81. The summed E-state index contributed by atoms with van der Waals surface area (Å²) in [7, 11) is -1.44. The molecule has 0 aromatic carbocycles. The largest absolute Gasteiger partial charge is 0.484 e. The molecule has 5 heteroatoms. The van der Waals surface area contributed by atoms with E-state index in [9.17, 15) is 4.21 Å². The minimum Gasteiger partial charge on any atom is -0.423 e. The third-order valence-corrected chi connectivity index (χ3v) is 1.90. The Morgan fingerprint density at radius 2 is 2.27 bits per heavy atom. The molecule has 0 saturated carbocycles. The minimum absolute atomic E-state index is 0.350. The van der Waals surface area contributed by atoms with Gasteiger partial charge in [-0.3, -0.25) is 0 Å². The first-order valence-corrected chi connectivity index (χ1v) is 3.87. The van der Waals surface area contributed by atoms with Crippen LogP contribution in [-0.2, 0) is 11.3 Å². The van der Waals surface area contributed by atoms with Crippen molar-refractivity contribution < 1.29 is 14.3 Å². The lowest BCUT2D eigenvalue weighted by Gasteiger charge is -2.06. The van der Waals surface area contributed by atoms with E-state index in [-0.39, 0.29) is 0 Å². The van der Waals surface area contributed by atoms with Gasteiger partial charge in [-0.15, -0.1) is 0 Å². The molecule has 1 aliphatic rings. The van der Waals surface area contributed by atoms with Crippen LogP contribution in [0.2, 0.25) is 0 Å². The zero-order valence-corrected chi connectivity index (χ0v) is 6.54. The van der Waals surface area contributed by atoms with E-state index in [1.54, 1.807) is 18.2 Å². The summed E-state index contributed by atoms with van der Waals surface area (Å²) in [5, 5.41) is 17.4. The summed E-state index contributed by atoms with van der Waals surface area (Å²) in [6.07, 6.45) is 5.26. The first-order chi connectivity index (χ1) is 5.24. The molecule has 0 bridgehead atoms. The van der Waals surface area contributed by atoms with Gasteiger partial charge in [0, 0.05) is 11.3 Å². The van der Waals surface area contributed by atoms with Gasteiger partial charge in [0.15, 0.2) is 0 Å². The molecule has 58 valence electrons. The van der Waals surface area contributed by atoms with Crippen molar-refractivity contribution in [2.24, 2.45) is 0 Å². The molecule has 1 rings (SSSR count). The molecule has 11 heavy (non-hydrogen) atoms. The van der Waals surface area contributed by atoms with Gasteiger partial charge in [-0.25, -0.2) is 4.21 Å². The Hall–Kier alpha value is -0.645. The summed E-state index contributed by atoms with van der Waals surface area (Å²) in [6.45, 7) is 0. The van der Waals surface area contributed by atoms with E-state index in [1.165, 1.54) is 0 Å². The normalized spacial score (nSPS) is 16.2. The summed E-state index contributed by atoms with van der Waals surface area (Å²) < 4.78 is 10.3. The molecule has 0 radical (unpaired) electrons. The second-order valence-electron chi connectivity index (χ2n) is 2.20. The van der Waals surface area contributed by atoms with Crippen LogP contribution in [-0.4, -0.2) is 26.2 Å². The van der Waals surface area contributed by atoms with Gasteiger partial charge >= 0.3 is 7.12 Å². The van der Waals surface area contributed by atoms with E-state index in [0.717, 1.165) is 0 Å². The Morgan fingerprint density at radius 1 is 1.55 bits per heavy atom. The van der Waals surface area contributed by atoms with Crippen LogP contribution in [0, 0.1) is 0 Å². The molecule has 2 N–H and O–H groups in total. The van der Waals surface area contributed by atoms with Crippen LogP contribution in [0.1, 0.15) is 6.42 Å². The maximum Gasteiger partial charge on any atom is 0.484 e. The molecule has 0 amide bonds. The lowest BCUT2D eigenvalue weighted by Crippen LogP contribution is -2.19. The highest BCUT2D eigenvalue weighted by atomic mass is 32.1. The molecule has 0 fully saturated rings. The van der Waals surface area contributed by atoms with Gasteiger partial charge in [0.05, 0.1) is 11.3 Å². The molecule has 0 aromatic rings. The molecule has 0 heterocycles. The van der Waals surface area contributed by atoms with Crippen molar-refractivity contribution in [3.63, 3.8) is 0 Å². The average Bonchev–Trinajstić information content (AvgIpc) is 2.05. The second-order valence-corrected chi connectivity index (χ2v) is 2.89. The lowest BCUT2D eigenvalue weighted by atomic mass is 9.75. The van der Waals surface area contributed by atoms with Crippen molar-refractivity contribution in [1.82, 2.24) is 0 Å². The fourth-order valence-corrected chi connectivity index (χ4v) is 1.19. The average molecular weight is 170 g/mol. The van der Waals surface area contributed by atoms with Crippen molar-refractivity contribution >= 4 is 23.2 Å². The highest BCUT2D eigenvalue weighted by molar-refractivity contribution is 7.67. The van der Waals surface area contributed by atoms with Crippen LogP contribution in [0.25, 0.3) is 0 Å². The van der Waals surface area contributed by atoms with E-state index in [4.69, 9.17) is 10.0 Å². The van der Waals surface area contributed by atoms with E-state index < -0.39 is 7.12 Å². The van der Waals surface area contributed by atoms with Crippen molar-refractivity contribution in [3.05, 3.63) is 23.7 Å². The topological polar surface area (TPSA) is 57.5 Å².